The molecule has 1 unspecified atom stereocenters. The van der Waals surface area contributed by atoms with Gasteiger partial charge in [-0.2, -0.15) is 5.26 Å². The van der Waals surface area contributed by atoms with Crippen molar-refractivity contribution in [2.45, 2.75) is 51.8 Å². The Labute approximate surface area is 228 Å². The highest BCUT2D eigenvalue weighted by molar-refractivity contribution is 6.41. The minimum Gasteiger partial charge on any atom is -0.444 e. The molecule has 3 heterocycles. The first kappa shape index (κ1) is 27.2. The summed E-state index contributed by atoms with van der Waals surface area (Å²) in [5.74, 6) is -0.666. The molecule has 0 aliphatic carbocycles. The molecule has 1 atom stereocenters. The van der Waals surface area contributed by atoms with Crippen molar-refractivity contribution < 1.29 is 18.7 Å². The van der Waals surface area contributed by atoms with Crippen LogP contribution in [0.15, 0.2) is 41.5 Å². The molecule has 12 heteroatoms. The number of nitrogens with one attached hydrogen (secondary N) is 1. The van der Waals surface area contributed by atoms with Crippen LogP contribution in [0.4, 0.5) is 9.18 Å². The topological polar surface area (TPSA) is 122 Å². The molecule has 9 nitrogen and oxygen atoms in total. The lowest BCUT2D eigenvalue weighted by atomic mass is 9.88. The SMILES string of the molecule is CC(C)(C)OC(=O)NC1=NC(C)(c2cc(CC(=O)c3ccc(C#N)cn3)ccc2F)Cn2c1nc(Cl)c2Cl. The number of hydrogen-bond donors (Lipinski definition) is 1. The molecule has 196 valence electrons. The molecule has 0 saturated heterocycles. The first-order valence-corrected chi connectivity index (χ1v) is 12.3. The Bertz CT molecular complexity index is 1500. The first-order chi connectivity index (χ1) is 17.8. The van der Waals surface area contributed by atoms with E-state index in [1.54, 1.807) is 33.8 Å². The average Bonchev–Trinajstić information content (AvgIpc) is 3.12. The lowest BCUT2D eigenvalue weighted by Crippen LogP contribution is -2.44. The minimum absolute atomic E-state index is 0.000610. The number of hydrogen-bond acceptors (Lipinski definition) is 7. The number of aromatic nitrogens is 3. The maximum Gasteiger partial charge on any atom is 0.413 e. The number of pyridine rings is 1. The Morgan fingerprint density at radius 3 is 2.63 bits per heavy atom. The van der Waals surface area contributed by atoms with E-state index in [4.69, 9.17) is 33.2 Å². The standard InChI is InChI=1S/C26H23Cl2FN6O3/c1-25(2,3)38-24(37)33-22-23-32-20(27)21(28)35(23)13-26(4,34-22)16-9-14(5-7-17(16)29)10-19(36)18-8-6-15(11-30)12-31-18/h5-9,12H,10,13H2,1-4H3,(H,33,34,37). The summed E-state index contributed by atoms with van der Waals surface area (Å²) >= 11 is 12.5. The molecule has 1 aliphatic heterocycles. The van der Waals surface area contributed by atoms with Crippen molar-refractivity contribution in [3.63, 3.8) is 0 Å². The zero-order chi connectivity index (χ0) is 27.8. The van der Waals surface area contributed by atoms with Gasteiger partial charge in [0.1, 0.15) is 33.9 Å². The quantitative estimate of drug-likeness (QED) is 0.439. The van der Waals surface area contributed by atoms with Crippen molar-refractivity contribution in [1.82, 2.24) is 19.9 Å². The predicted molar refractivity (Wildman–Crippen MR) is 139 cm³/mol. The highest BCUT2D eigenvalue weighted by Crippen LogP contribution is 2.37. The van der Waals surface area contributed by atoms with Gasteiger partial charge in [-0.15, -0.1) is 0 Å². The van der Waals surface area contributed by atoms with Gasteiger partial charge in [-0.25, -0.2) is 14.2 Å². The van der Waals surface area contributed by atoms with E-state index in [1.807, 2.05) is 6.07 Å². The number of ether oxygens (including phenoxy) is 1. The fourth-order valence-corrected chi connectivity index (χ4v) is 4.36. The molecule has 1 N–H and O–H groups in total. The van der Waals surface area contributed by atoms with Crippen molar-refractivity contribution in [3.8, 4) is 6.07 Å². The van der Waals surface area contributed by atoms with Gasteiger partial charge in [0, 0.05) is 18.2 Å². The van der Waals surface area contributed by atoms with Gasteiger partial charge in [0.15, 0.2) is 22.6 Å². The Kier molecular flexibility index (Phi) is 7.28. The third-order valence-electron chi connectivity index (χ3n) is 5.68. The molecule has 0 bridgehead atoms. The summed E-state index contributed by atoms with van der Waals surface area (Å²) in [6.45, 7) is 6.87. The lowest BCUT2D eigenvalue weighted by Gasteiger charge is -2.33. The highest BCUT2D eigenvalue weighted by atomic mass is 35.5. The highest BCUT2D eigenvalue weighted by Gasteiger charge is 2.38. The summed E-state index contributed by atoms with van der Waals surface area (Å²) in [5, 5.41) is 11.6. The van der Waals surface area contributed by atoms with Gasteiger partial charge >= 0.3 is 6.09 Å². The van der Waals surface area contributed by atoms with E-state index in [-0.39, 0.29) is 52.0 Å². The number of benzene rings is 1. The number of carbonyl (C=O) groups excluding carboxylic acids is 2. The molecule has 0 fully saturated rings. The lowest BCUT2D eigenvalue weighted by molar-refractivity contribution is 0.0562. The molecule has 1 aromatic carbocycles. The van der Waals surface area contributed by atoms with Gasteiger partial charge in [-0.3, -0.25) is 20.1 Å². The van der Waals surface area contributed by atoms with Crippen LogP contribution >= 0.6 is 23.2 Å². The maximum absolute atomic E-state index is 15.2. The number of imidazole rings is 1. The van der Waals surface area contributed by atoms with E-state index in [9.17, 15) is 9.59 Å². The molecule has 1 amide bonds. The van der Waals surface area contributed by atoms with E-state index >= 15 is 4.39 Å². The maximum atomic E-state index is 15.2. The molecule has 3 aromatic rings. The van der Waals surface area contributed by atoms with E-state index in [1.165, 1.54) is 35.0 Å². The Hall–Kier alpha value is -3.81. The summed E-state index contributed by atoms with van der Waals surface area (Å²) in [6, 6.07) is 9.23. The number of alkyl carbamates (subject to hydrolysis) is 1. The second kappa shape index (κ2) is 10.2. The smallest absolute Gasteiger partial charge is 0.413 e. The molecule has 0 radical (unpaired) electrons. The van der Waals surface area contributed by atoms with Crippen LogP contribution in [0.3, 0.4) is 0 Å². The second-order valence-corrected chi connectivity index (χ2v) is 10.6. The molecule has 2 aromatic heterocycles. The third-order valence-corrected chi connectivity index (χ3v) is 6.42. The minimum atomic E-state index is -1.26. The van der Waals surface area contributed by atoms with Crippen LogP contribution in [0.2, 0.25) is 10.3 Å². The van der Waals surface area contributed by atoms with Crippen LogP contribution in [0.5, 0.6) is 0 Å². The van der Waals surface area contributed by atoms with Crippen LogP contribution < -0.4 is 5.32 Å². The van der Waals surface area contributed by atoms with Crippen molar-refractivity contribution in [2.24, 2.45) is 4.99 Å². The number of nitriles is 1. The summed E-state index contributed by atoms with van der Waals surface area (Å²) in [5.41, 5.74) is -0.820. The number of amides is 1. The van der Waals surface area contributed by atoms with Crippen LogP contribution in [0, 0.1) is 17.1 Å². The number of rotatable bonds is 4. The van der Waals surface area contributed by atoms with Gasteiger partial charge in [0.2, 0.25) is 0 Å². The summed E-state index contributed by atoms with van der Waals surface area (Å²) in [6.07, 6.45) is 0.479. The zero-order valence-corrected chi connectivity index (χ0v) is 22.5. The van der Waals surface area contributed by atoms with E-state index in [0.29, 0.717) is 11.1 Å². The largest absolute Gasteiger partial charge is 0.444 e. The Morgan fingerprint density at radius 1 is 1.26 bits per heavy atom. The molecular weight excluding hydrogens is 534 g/mol. The van der Waals surface area contributed by atoms with Crippen LogP contribution in [-0.4, -0.2) is 37.8 Å². The monoisotopic (exact) mass is 556 g/mol. The van der Waals surface area contributed by atoms with E-state index in [2.05, 4.69) is 20.3 Å². The number of aliphatic imine (C=N–C) groups is 1. The molecule has 1 aliphatic rings. The fourth-order valence-electron chi connectivity index (χ4n) is 3.99. The van der Waals surface area contributed by atoms with Crippen LogP contribution in [0.25, 0.3) is 0 Å². The predicted octanol–water partition coefficient (Wildman–Crippen LogP) is 5.22. The number of halogens is 3. The Morgan fingerprint density at radius 2 is 2.00 bits per heavy atom. The summed E-state index contributed by atoms with van der Waals surface area (Å²) in [4.78, 5) is 38.2. The number of ketones is 1. The van der Waals surface area contributed by atoms with Crippen LogP contribution in [-0.2, 0) is 23.2 Å². The number of amidine groups is 1. The van der Waals surface area contributed by atoms with Gasteiger partial charge in [-0.05, 0) is 57.5 Å². The number of carbonyl (C=O) groups is 2. The normalized spacial score (nSPS) is 16.7. The number of nitrogens with zero attached hydrogens (tertiary/aromatic N) is 5. The summed E-state index contributed by atoms with van der Waals surface area (Å²) in [7, 11) is 0. The van der Waals surface area contributed by atoms with Crippen LogP contribution in [0.1, 0.15) is 60.7 Å². The molecule has 0 spiro atoms. The molecular formula is C26H23Cl2FN6O3. The second-order valence-electron chi connectivity index (χ2n) is 9.92. The first-order valence-electron chi connectivity index (χ1n) is 11.5. The Balaban J connectivity index is 1.70. The zero-order valence-electron chi connectivity index (χ0n) is 21.0. The molecule has 0 saturated carbocycles. The third kappa shape index (κ3) is 5.69. The summed E-state index contributed by atoms with van der Waals surface area (Å²) < 4.78 is 22.1. The van der Waals surface area contributed by atoms with Crippen molar-refractivity contribution in [2.75, 3.05) is 0 Å². The van der Waals surface area contributed by atoms with Gasteiger partial charge in [-0.1, -0.05) is 29.3 Å². The number of Topliss-reactive ketones (excluding diaryl/α,β-unsaturated/α-hetero) is 1. The molecule has 4 rings (SSSR count). The number of fused-ring (bicyclic) bond motifs is 1. The van der Waals surface area contributed by atoms with Crippen molar-refractivity contribution in [1.29, 1.82) is 5.26 Å². The van der Waals surface area contributed by atoms with Gasteiger partial charge < -0.3 is 9.30 Å². The van der Waals surface area contributed by atoms with Gasteiger partial charge in [0.25, 0.3) is 0 Å². The van der Waals surface area contributed by atoms with Crippen molar-refractivity contribution in [3.05, 3.63) is 80.9 Å². The molecule has 38 heavy (non-hydrogen) atoms. The van der Waals surface area contributed by atoms with E-state index < -0.39 is 23.1 Å². The average molecular weight is 557 g/mol. The fraction of sp³-hybridized carbons (Fsp3) is 0.308. The van der Waals surface area contributed by atoms with E-state index in [0.717, 1.165) is 0 Å². The van der Waals surface area contributed by atoms with Crippen molar-refractivity contribution >= 4 is 40.9 Å². The van der Waals surface area contributed by atoms with Gasteiger partial charge in [0.05, 0.1) is 12.1 Å².